The van der Waals surface area contributed by atoms with Crippen LogP contribution in [0, 0.1) is 6.92 Å². The molecule has 2 aromatic rings. The SMILES string of the molecule is Cc1cc(CS(=O)(=O)c2ccc(Cl)cc2)cnc1Cl. The summed E-state index contributed by atoms with van der Waals surface area (Å²) in [6, 6.07) is 7.82. The molecule has 0 unspecified atom stereocenters. The first-order chi connectivity index (χ1) is 8.88. The van der Waals surface area contributed by atoms with E-state index in [1.807, 2.05) is 0 Å². The van der Waals surface area contributed by atoms with Gasteiger partial charge in [-0.15, -0.1) is 0 Å². The van der Waals surface area contributed by atoms with E-state index in [-0.39, 0.29) is 10.6 Å². The van der Waals surface area contributed by atoms with Crippen molar-refractivity contribution in [1.29, 1.82) is 0 Å². The molecule has 0 N–H and O–H groups in total. The third kappa shape index (κ3) is 3.47. The number of hydrogen-bond acceptors (Lipinski definition) is 3. The summed E-state index contributed by atoms with van der Waals surface area (Å²) in [7, 11) is -3.40. The fourth-order valence-corrected chi connectivity index (χ4v) is 3.18. The Morgan fingerprint density at radius 3 is 2.37 bits per heavy atom. The quantitative estimate of drug-likeness (QED) is 0.812. The van der Waals surface area contributed by atoms with Crippen molar-refractivity contribution < 1.29 is 8.42 Å². The Bertz CT molecular complexity index is 697. The van der Waals surface area contributed by atoms with Gasteiger partial charge in [-0.1, -0.05) is 29.3 Å². The highest BCUT2D eigenvalue weighted by atomic mass is 35.5. The van der Waals surface area contributed by atoms with Crippen molar-refractivity contribution in [2.45, 2.75) is 17.6 Å². The van der Waals surface area contributed by atoms with Crippen molar-refractivity contribution in [3.8, 4) is 0 Å². The first kappa shape index (κ1) is 14.3. The van der Waals surface area contributed by atoms with Crippen LogP contribution in [0.5, 0.6) is 0 Å². The van der Waals surface area contributed by atoms with Crippen LogP contribution in [0.2, 0.25) is 10.2 Å². The summed E-state index contributed by atoms with van der Waals surface area (Å²) in [6.07, 6.45) is 1.48. The normalized spacial score (nSPS) is 11.5. The summed E-state index contributed by atoms with van der Waals surface area (Å²) in [5.41, 5.74) is 1.36. The maximum absolute atomic E-state index is 12.2. The molecule has 0 aliphatic rings. The van der Waals surface area contributed by atoms with Crippen LogP contribution in [-0.2, 0) is 15.6 Å². The predicted molar refractivity (Wildman–Crippen MR) is 76.3 cm³/mol. The molecule has 1 aromatic carbocycles. The monoisotopic (exact) mass is 315 g/mol. The molecule has 0 aliphatic heterocycles. The number of sulfone groups is 1. The number of aryl methyl sites for hydroxylation is 1. The number of nitrogens with zero attached hydrogens (tertiary/aromatic N) is 1. The maximum atomic E-state index is 12.2. The van der Waals surface area contributed by atoms with Crippen LogP contribution >= 0.6 is 23.2 Å². The molecule has 100 valence electrons. The molecule has 0 spiro atoms. The highest BCUT2D eigenvalue weighted by Gasteiger charge is 2.16. The summed E-state index contributed by atoms with van der Waals surface area (Å²) in [6.45, 7) is 1.79. The summed E-state index contributed by atoms with van der Waals surface area (Å²) < 4.78 is 24.4. The van der Waals surface area contributed by atoms with Crippen molar-refractivity contribution in [3.63, 3.8) is 0 Å². The molecule has 0 amide bonds. The molecule has 0 fully saturated rings. The van der Waals surface area contributed by atoms with Gasteiger partial charge >= 0.3 is 0 Å². The van der Waals surface area contributed by atoms with Gasteiger partial charge in [-0.2, -0.15) is 0 Å². The largest absolute Gasteiger partial charge is 0.244 e. The van der Waals surface area contributed by atoms with Gasteiger partial charge in [-0.25, -0.2) is 13.4 Å². The lowest BCUT2D eigenvalue weighted by molar-refractivity contribution is 0.595. The topological polar surface area (TPSA) is 47.0 Å². The van der Waals surface area contributed by atoms with Gasteiger partial charge in [-0.05, 0) is 42.3 Å². The minimum Gasteiger partial charge on any atom is -0.244 e. The molecule has 0 atom stereocenters. The molecule has 1 aromatic heterocycles. The Kier molecular flexibility index (Phi) is 4.13. The van der Waals surface area contributed by atoms with E-state index in [0.717, 1.165) is 5.56 Å². The zero-order chi connectivity index (χ0) is 14.0. The molecule has 0 aliphatic carbocycles. The molecule has 0 saturated carbocycles. The Morgan fingerprint density at radius 2 is 1.79 bits per heavy atom. The Morgan fingerprint density at radius 1 is 1.16 bits per heavy atom. The minimum atomic E-state index is -3.40. The Hall–Kier alpha value is -1.10. The van der Waals surface area contributed by atoms with E-state index in [2.05, 4.69) is 4.98 Å². The first-order valence-corrected chi connectivity index (χ1v) is 7.89. The number of rotatable bonds is 3. The van der Waals surface area contributed by atoms with Crippen molar-refractivity contribution in [3.05, 3.63) is 57.8 Å². The van der Waals surface area contributed by atoms with Gasteiger partial charge in [0.1, 0.15) is 5.15 Å². The fourth-order valence-electron chi connectivity index (χ4n) is 1.64. The molecule has 2 rings (SSSR count). The van der Waals surface area contributed by atoms with Crippen LogP contribution in [0.15, 0.2) is 41.4 Å². The summed E-state index contributed by atoms with van der Waals surface area (Å²) in [5, 5.41) is 0.885. The smallest absolute Gasteiger partial charge is 0.182 e. The van der Waals surface area contributed by atoms with Crippen LogP contribution < -0.4 is 0 Å². The molecular formula is C13H11Cl2NO2S. The van der Waals surface area contributed by atoms with Gasteiger partial charge in [0, 0.05) is 11.2 Å². The van der Waals surface area contributed by atoms with Crippen molar-refractivity contribution in [1.82, 2.24) is 4.98 Å². The third-order valence-corrected chi connectivity index (χ3v) is 4.95. The summed E-state index contributed by atoms with van der Waals surface area (Å²) in [4.78, 5) is 4.19. The van der Waals surface area contributed by atoms with Gasteiger partial charge in [0.2, 0.25) is 0 Å². The second-order valence-electron chi connectivity index (χ2n) is 4.16. The van der Waals surface area contributed by atoms with E-state index in [9.17, 15) is 8.42 Å². The van der Waals surface area contributed by atoms with Gasteiger partial charge in [-0.3, -0.25) is 0 Å². The maximum Gasteiger partial charge on any atom is 0.182 e. The van der Waals surface area contributed by atoms with Crippen molar-refractivity contribution in [2.75, 3.05) is 0 Å². The first-order valence-electron chi connectivity index (χ1n) is 5.48. The highest BCUT2D eigenvalue weighted by molar-refractivity contribution is 7.90. The molecular weight excluding hydrogens is 305 g/mol. The molecule has 3 nitrogen and oxygen atoms in total. The molecule has 1 heterocycles. The molecule has 0 saturated heterocycles. The van der Waals surface area contributed by atoms with Crippen LogP contribution in [0.4, 0.5) is 0 Å². The standard InChI is InChI=1S/C13H11Cl2NO2S/c1-9-6-10(7-16-13(9)15)8-19(17,18)12-4-2-11(14)3-5-12/h2-7H,8H2,1H3. The lowest BCUT2D eigenvalue weighted by Crippen LogP contribution is -2.05. The average molecular weight is 316 g/mol. The number of aromatic nitrogens is 1. The lowest BCUT2D eigenvalue weighted by Gasteiger charge is -2.06. The van der Waals surface area contributed by atoms with E-state index in [1.54, 1.807) is 25.1 Å². The molecule has 6 heteroatoms. The Labute approximate surface area is 122 Å². The van der Waals surface area contributed by atoms with E-state index >= 15 is 0 Å². The van der Waals surface area contributed by atoms with Gasteiger partial charge < -0.3 is 0 Å². The van der Waals surface area contributed by atoms with Gasteiger partial charge in [0.15, 0.2) is 9.84 Å². The molecule has 19 heavy (non-hydrogen) atoms. The summed E-state index contributed by atoms with van der Waals surface area (Å²) in [5.74, 6) is -0.111. The fraction of sp³-hybridized carbons (Fsp3) is 0.154. The molecule has 0 bridgehead atoms. The van der Waals surface area contributed by atoms with Crippen LogP contribution in [0.3, 0.4) is 0 Å². The summed E-state index contributed by atoms with van der Waals surface area (Å²) >= 11 is 11.6. The van der Waals surface area contributed by atoms with E-state index in [1.165, 1.54) is 18.3 Å². The number of halogens is 2. The predicted octanol–water partition coefficient (Wildman–Crippen LogP) is 3.67. The van der Waals surface area contributed by atoms with Gasteiger partial charge in [0.25, 0.3) is 0 Å². The van der Waals surface area contributed by atoms with Crippen molar-refractivity contribution >= 4 is 33.0 Å². The zero-order valence-corrected chi connectivity index (χ0v) is 12.4. The van der Waals surface area contributed by atoms with Crippen molar-refractivity contribution in [2.24, 2.45) is 0 Å². The lowest BCUT2D eigenvalue weighted by atomic mass is 10.2. The van der Waals surface area contributed by atoms with Crippen LogP contribution in [0.25, 0.3) is 0 Å². The van der Waals surface area contributed by atoms with Crippen LogP contribution in [-0.4, -0.2) is 13.4 Å². The Balaban J connectivity index is 2.30. The number of hydrogen-bond donors (Lipinski definition) is 0. The highest BCUT2D eigenvalue weighted by Crippen LogP contribution is 2.20. The molecule has 0 radical (unpaired) electrons. The number of pyridine rings is 1. The van der Waals surface area contributed by atoms with E-state index in [0.29, 0.717) is 15.7 Å². The second kappa shape index (κ2) is 5.49. The minimum absolute atomic E-state index is 0.111. The van der Waals surface area contributed by atoms with Gasteiger partial charge in [0.05, 0.1) is 10.6 Å². The van der Waals surface area contributed by atoms with Crippen LogP contribution in [0.1, 0.15) is 11.1 Å². The third-order valence-electron chi connectivity index (χ3n) is 2.60. The van der Waals surface area contributed by atoms with E-state index in [4.69, 9.17) is 23.2 Å². The zero-order valence-electron chi connectivity index (χ0n) is 10.1. The average Bonchev–Trinajstić information content (AvgIpc) is 2.34. The second-order valence-corrected chi connectivity index (χ2v) is 6.95. The number of benzene rings is 1. The van der Waals surface area contributed by atoms with E-state index < -0.39 is 9.84 Å².